The number of carbonyl (C=O) groups excluding carboxylic acids is 1. The number of benzene rings is 2. The average molecular weight is 500 g/mol. The van der Waals surface area contributed by atoms with Gasteiger partial charge >= 0.3 is 12.1 Å². The summed E-state index contributed by atoms with van der Waals surface area (Å²) < 4.78 is 47.0. The monoisotopic (exact) mass is 498 g/mol. The SMILES string of the molecule is COc1ccc(N)cc1Br.COc1ccc(NC(=O)C(F)(F)F)cc1Br. The maximum Gasteiger partial charge on any atom is 0.471 e. The van der Waals surface area contributed by atoms with Gasteiger partial charge in [-0.25, -0.2) is 0 Å². The number of hydrogen-bond acceptors (Lipinski definition) is 4. The van der Waals surface area contributed by atoms with Crippen molar-refractivity contribution >= 4 is 49.1 Å². The highest BCUT2D eigenvalue weighted by atomic mass is 79.9. The van der Waals surface area contributed by atoms with Crippen LogP contribution in [0.15, 0.2) is 45.3 Å². The third-order valence-electron chi connectivity index (χ3n) is 2.84. The number of amides is 1. The Bertz CT molecular complexity index is 771. The lowest BCUT2D eigenvalue weighted by molar-refractivity contribution is -0.167. The molecule has 0 atom stereocenters. The summed E-state index contributed by atoms with van der Waals surface area (Å²) in [5.41, 5.74) is 6.26. The van der Waals surface area contributed by atoms with Gasteiger partial charge in [-0.2, -0.15) is 13.2 Å². The van der Waals surface area contributed by atoms with Crippen molar-refractivity contribution in [2.45, 2.75) is 6.18 Å². The zero-order valence-corrected chi connectivity index (χ0v) is 16.8. The van der Waals surface area contributed by atoms with Gasteiger partial charge < -0.3 is 20.5 Å². The van der Waals surface area contributed by atoms with Gasteiger partial charge in [0.15, 0.2) is 0 Å². The van der Waals surface area contributed by atoms with Crippen LogP contribution in [0.1, 0.15) is 0 Å². The number of alkyl halides is 3. The molecule has 2 aromatic carbocycles. The van der Waals surface area contributed by atoms with Gasteiger partial charge in [-0.05, 0) is 68.3 Å². The average Bonchev–Trinajstić information content (AvgIpc) is 2.55. The number of nitrogen functional groups attached to an aromatic ring is 1. The molecule has 0 aromatic heterocycles. The minimum Gasteiger partial charge on any atom is -0.496 e. The number of halogens is 5. The first kappa shape index (κ1) is 22.1. The highest BCUT2D eigenvalue weighted by Gasteiger charge is 2.38. The van der Waals surface area contributed by atoms with Gasteiger partial charge in [0.25, 0.3) is 0 Å². The van der Waals surface area contributed by atoms with E-state index < -0.39 is 12.1 Å². The summed E-state index contributed by atoms with van der Waals surface area (Å²) in [5.74, 6) is -0.747. The van der Waals surface area contributed by atoms with E-state index in [0.29, 0.717) is 10.2 Å². The summed E-state index contributed by atoms with van der Waals surface area (Å²) in [7, 11) is 3.05. The number of rotatable bonds is 3. The first-order valence-electron chi connectivity index (χ1n) is 6.89. The van der Waals surface area contributed by atoms with Crippen molar-refractivity contribution in [3.05, 3.63) is 45.3 Å². The van der Waals surface area contributed by atoms with E-state index in [1.54, 1.807) is 24.6 Å². The number of hydrogen-bond donors (Lipinski definition) is 2. The summed E-state index contributed by atoms with van der Waals surface area (Å²) in [4.78, 5) is 10.6. The first-order chi connectivity index (χ1) is 12.1. The zero-order chi connectivity index (χ0) is 19.9. The molecule has 0 unspecified atom stereocenters. The fourth-order valence-electron chi connectivity index (χ4n) is 1.63. The molecule has 0 bridgehead atoms. The number of ether oxygens (including phenoxy) is 2. The summed E-state index contributed by atoms with van der Waals surface area (Å²) in [5, 5.41) is 1.72. The van der Waals surface area contributed by atoms with Gasteiger partial charge in [0, 0.05) is 11.4 Å². The van der Waals surface area contributed by atoms with Gasteiger partial charge in [-0.15, -0.1) is 0 Å². The molecule has 2 aromatic rings. The maximum absolute atomic E-state index is 11.9. The zero-order valence-electron chi connectivity index (χ0n) is 13.7. The second kappa shape index (κ2) is 9.67. The number of nitrogens with one attached hydrogen (secondary N) is 1. The van der Waals surface area contributed by atoms with E-state index in [1.165, 1.54) is 25.3 Å². The molecule has 0 aliphatic heterocycles. The lowest BCUT2D eigenvalue weighted by atomic mass is 10.3. The van der Waals surface area contributed by atoms with E-state index in [9.17, 15) is 18.0 Å². The van der Waals surface area contributed by atoms with Crippen molar-refractivity contribution in [2.75, 3.05) is 25.3 Å². The molecule has 142 valence electrons. The molecule has 0 spiro atoms. The van der Waals surface area contributed by atoms with Crippen molar-refractivity contribution in [3.8, 4) is 11.5 Å². The van der Waals surface area contributed by atoms with Crippen molar-refractivity contribution in [1.29, 1.82) is 0 Å². The molecule has 0 aliphatic carbocycles. The predicted molar refractivity (Wildman–Crippen MR) is 100 cm³/mol. The fraction of sp³-hybridized carbons (Fsp3) is 0.188. The topological polar surface area (TPSA) is 73.6 Å². The van der Waals surface area contributed by atoms with Crippen LogP contribution in [0.4, 0.5) is 24.5 Å². The van der Waals surface area contributed by atoms with E-state index >= 15 is 0 Å². The Kier molecular flexibility index (Phi) is 8.22. The summed E-state index contributed by atoms with van der Waals surface area (Å²) >= 11 is 6.39. The van der Waals surface area contributed by atoms with Crippen LogP contribution >= 0.6 is 31.9 Å². The van der Waals surface area contributed by atoms with Crippen LogP contribution in [0.3, 0.4) is 0 Å². The molecule has 2 rings (SSSR count). The highest BCUT2D eigenvalue weighted by molar-refractivity contribution is 9.10. The van der Waals surface area contributed by atoms with Crippen molar-refractivity contribution in [3.63, 3.8) is 0 Å². The molecule has 5 nitrogen and oxygen atoms in total. The van der Waals surface area contributed by atoms with Crippen LogP contribution in [0.25, 0.3) is 0 Å². The third kappa shape index (κ3) is 6.75. The number of methoxy groups -OCH3 is 2. The Morgan fingerprint density at radius 2 is 1.50 bits per heavy atom. The fourth-order valence-corrected chi connectivity index (χ4v) is 2.73. The van der Waals surface area contributed by atoms with Crippen LogP contribution in [-0.4, -0.2) is 26.3 Å². The minimum absolute atomic E-state index is 0.0370. The molecule has 0 saturated carbocycles. The van der Waals surface area contributed by atoms with Gasteiger partial charge in [-0.3, -0.25) is 4.79 Å². The van der Waals surface area contributed by atoms with E-state index in [-0.39, 0.29) is 5.69 Å². The largest absolute Gasteiger partial charge is 0.496 e. The molecular weight excluding hydrogens is 485 g/mol. The van der Waals surface area contributed by atoms with Crippen LogP contribution in [-0.2, 0) is 4.79 Å². The van der Waals surface area contributed by atoms with Crippen LogP contribution in [0.2, 0.25) is 0 Å². The Morgan fingerprint density at radius 1 is 1.00 bits per heavy atom. The summed E-state index contributed by atoms with van der Waals surface area (Å²) in [6.07, 6.45) is -4.90. The molecule has 0 saturated heterocycles. The standard InChI is InChI=1S/C9H7BrF3NO2.C7H8BrNO/c1-16-7-3-2-5(4-6(7)10)14-8(15)9(11,12)13;1-10-7-3-2-5(9)4-6(7)8/h2-4H,1H3,(H,14,15);2-4H,9H2,1H3. The van der Waals surface area contributed by atoms with Crippen molar-refractivity contribution < 1.29 is 27.4 Å². The summed E-state index contributed by atoms with van der Waals surface area (Å²) in [6, 6.07) is 9.49. The molecule has 3 N–H and O–H groups in total. The highest BCUT2D eigenvalue weighted by Crippen LogP contribution is 2.28. The molecular formula is C16H15Br2F3N2O3. The van der Waals surface area contributed by atoms with Gasteiger partial charge in [0.2, 0.25) is 0 Å². The van der Waals surface area contributed by atoms with Gasteiger partial charge in [0.05, 0.1) is 23.2 Å². The van der Waals surface area contributed by atoms with Gasteiger partial charge in [-0.1, -0.05) is 0 Å². The molecule has 0 aliphatic rings. The molecule has 0 fully saturated rings. The lowest BCUT2D eigenvalue weighted by Gasteiger charge is -2.09. The maximum atomic E-state index is 11.9. The van der Waals surface area contributed by atoms with E-state index in [2.05, 4.69) is 31.9 Å². The Morgan fingerprint density at radius 3 is 1.92 bits per heavy atom. The molecule has 0 heterocycles. The third-order valence-corrected chi connectivity index (χ3v) is 4.08. The normalized spacial score (nSPS) is 10.4. The number of nitrogens with two attached hydrogens (primary N) is 1. The van der Waals surface area contributed by atoms with Gasteiger partial charge in [0.1, 0.15) is 11.5 Å². The lowest BCUT2D eigenvalue weighted by Crippen LogP contribution is -2.29. The smallest absolute Gasteiger partial charge is 0.471 e. The molecule has 10 heteroatoms. The molecule has 26 heavy (non-hydrogen) atoms. The number of carbonyl (C=O) groups is 1. The number of anilines is 2. The molecule has 1 amide bonds. The van der Waals surface area contributed by atoms with E-state index in [1.807, 2.05) is 6.07 Å². The van der Waals surface area contributed by atoms with Crippen molar-refractivity contribution in [2.24, 2.45) is 0 Å². The second-order valence-electron chi connectivity index (χ2n) is 4.70. The summed E-state index contributed by atoms with van der Waals surface area (Å²) in [6.45, 7) is 0. The minimum atomic E-state index is -4.90. The predicted octanol–water partition coefficient (Wildman–Crippen LogP) is 5.00. The molecule has 0 radical (unpaired) electrons. The van der Waals surface area contributed by atoms with E-state index in [4.69, 9.17) is 15.2 Å². The van der Waals surface area contributed by atoms with Crippen LogP contribution in [0.5, 0.6) is 11.5 Å². The first-order valence-corrected chi connectivity index (χ1v) is 8.47. The van der Waals surface area contributed by atoms with Crippen molar-refractivity contribution in [1.82, 2.24) is 0 Å². The Balaban J connectivity index is 0.000000289. The quantitative estimate of drug-likeness (QED) is 0.583. The Labute approximate surface area is 164 Å². The van der Waals surface area contributed by atoms with Crippen LogP contribution in [0, 0.1) is 0 Å². The second-order valence-corrected chi connectivity index (χ2v) is 6.40. The van der Waals surface area contributed by atoms with Crippen LogP contribution < -0.4 is 20.5 Å². The van der Waals surface area contributed by atoms with E-state index in [0.717, 1.165) is 15.9 Å². The Hall–Kier alpha value is -1.94.